The molecular formula is C19H21N3O2. The van der Waals surface area contributed by atoms with E-state index in [0.717, 1.165) is 33.4 Å². The Hall–Kier alpha value is -2.95. The molecule has 0 spiro atoms. The van der Waals surface area contributed by atoms with Crippen molar-refractivity contribution in [1.82, 2.24) is 4.98 Å². The van der Waals surface area contributed by atoms with Gasteiger partial charge in [-0.3, -0.25) is 0 Å². The first kappa shape index (κ1) is 15.9. The lowest BCUT2D eigenvalue weighted by Gasteiger charge is -2.13. The number of fused-ring (bicyclic) bond motifs is 1. The second kappa shape index (κ2) is 6.66. The van der Waals surface area contributed by atoms with E-state index in [-0.39, 0.29) is 0 Å². The molecule has 0 bridgehead atoms. The van der Waals surface area contributed by atoms with Crippen LogP contribution < -0.4 is 20.5 Å². The molecule has 0 aliphatic rings. The molecule has 0 saturated heterocycles. The molecule has 0 saturated carbocycles. The predicted molar refractivity (Wildman–Crippen MR) is 97.8 cm³/mol. The summed E-state index contributed by atoms with van der Waals surface area (Å²) in [6.45, 7) is 2.69. The molecule has 0 fully saturated rings. The fourth-order valence-corrected chi connectivity index (χ4v) is 2.80. The van der Waals surface area contributed by atoms with Gasteiger partial charge in [0.1, 0.15) is 5.82 Å². The number of nitrogens with zero attached hydrogens (tertiary/aromatic N) is 1. The van der Waals surface area contributed by atoms with Crippen molar-refractivity contribution < 1.29 is 9.47 Å². The molecule has 2 aromatic carbocycles. The van der Waals surface area contributed by atoms with Gasteiger partial charge < -0.3 is 20.5 Å². The zero-order valence-corrected chi connectivity index (χ0v) is 14.1. The highest BCUT2D eigenvalue weighted by Crippen LogP contribution is 2.30. The van der Waals surface area contributed by atoms with Gasteiger partial charge in [0, 0.05) is 29.2 Å². The normalized spacial score (nSPS) is 10.6. The van der Waals surface area contributed by atoms with Crippen LogP contribution in [0.15, 0.2) is 42.6 Å². The Morgan fingerprint density at radius 1 is 1.04 bits per heavy atom. The summed E-state index contributed by atoms with van der Waals surface area (Å²) < 4.78 is 10.6. The van der Waals surface area contributed by atoms with Crippen molar-refractivity contribution in [3.8, 4) is 11.5 Å². The van der Waals surface area contributed by atoms with Gasteiger partial charge in [-0.05, 0) is 42.3 Å². The summed E-state index contributed by atoms with van der Waals surface area (Å²) in [5, 5.41) is 5.47. The zero-order chi connectivity index (χ0) is 17.1. The maximum atomic E-state index is 6.09. The number of hydrogen-bond acceptors (Lipinski definition) is 5. The number of nitrogens with one attached hydrogen (secondary N) is 1. The van der Waals surface area contributed by atoms with Gasteiger partial charge >= 0.3 is 0 Å². The monoisotopic (exact) mass is 323 g/mol. The minimum Gasteiger partial charge on any atom is -0.493 e. The average molecular weight is 323 g/mol. The van der Waals surface area contributed by atoms with Gasteiger partial charge in [-0.1, -0.05) is 12.1 Å². The number of methoxy groups -OCH3 is 2. The molecule has 0 aliphatic heterocycles. The molecular weight excluding hydrogens is 302 g/mol. The lowest BCUT2D eigenvalue weighted by atomic mass is 10.1. The van der Waals surface area contributed by atoms with Crippen molar-refractivity contribution in [2.45, 2.75) is 13.5 Å². The largest absolute Gasteiger partial charge is 0.493 e. The fourth-order valence-electron chi connectivity index (χ4n) is 2.80. The molecule has 1 aromatic heterocycles. The molecule has 1 heterocycles. The summed E-state index contributed by atoms with van der Waals surface area (Å²) in [5.41, 5.74) is 9.06. The number of ether oxygens (including phenoxy) is 2. The predicted octanol–water partition coefficient (Wildman–Crippen LogP) is 3.75. The van der Waals surface area contributed by atoms with Crippen LogP contribution >= 0.6 is 0 Å². The number of nitrogen functional groups attached to an aromatic ring is 1. The summed E-state index contributed by atoms with van der Waals surface area (Å²) in [4.78, 5) is 4.48. The molecule has 3 N–H and O–H groups in total. The molecule has 5 nitrogen and oxygen atoms in total. The van der Waals surface area contributed by atoms with Gasteiger partial charge in [-0.2, -0.15) is 0 Å². The molecule has 5 heteroatoms. The number of anilines is 2. The molecule has 3 aromatic rings. The first-order valence-corrected chi connectivity index (χ1v) is 7.72. The third kappa shape index (κ3) is 2.93. The Bertz CT molecular complexity index is 878. The Morgan fingerprint density at radius 2 is 1.83 bits per heavy atom. The van der Waals surface area contributed by atoms with Gasteiger partial charge in [0.2, 0.25) is 0 Å². The SMILES string of the molecule is COc1ccc(CNc2nccc3c(N)ccc(C)c23)cc1OC. The molecule has 124 valence electrons. The second-order valence-corrected chi connectivity index (χ2v) is 5.60. The highest BCUT2D eigenvalue weighted by molar-refractivity contribution is 6.01. The lowest BCUT2D eigenvalue weighted by Crippen LogP contribution is -2.04. The molecule has 0 amide bonds. The van der Waals surface area contributed by atoms with Crippen LogP contribution in [0, 0.1) is 6.92 Å². The maximum Gasteiger partial charge on any atom is 0.161 e. The topological polar surface area (TPSA) is 69.4 Å². The van der Waals surface area contributed by atoms with E-state index in [1.807, 2.05) is 36.4 Å². The summed E-state index contributed by atoms with van der Waals surface area (Å²) >= 11 is 0. The Kier molecular flexibility index (Phi) is 4.42. The highest BCUT2D eigenvalue weighted by atomic mass is 16.5. The number of rotatable bonds is 5. The quantitative estimate of drug-likeness (QED) is 0.700. The van der Waals surface area contributed by atoms with E-state index >= 15 is 0 Å². The molecule has 3 rings (SSSR count). The number of nitrogens with two attached hydrogens (primary N) is 1. The summed E-state index contributed by atoms with van der Waals surface area (Å²) in [5.74, 6) is 2.25. The van der Waals surface area contributed by atoms with E-state index in [2.05, 4.69) is 17.2 Å². The molecule has 0 aliphatic carbocycles. The van der Waals surface area contributed by atoms with E-state index in [0.29, 0.717) is 18.0 Å². The Labute approximate surface area is 141 Å². The van der Waals surface area contributed by atoms with Crippen LogP contribution in [-0.2, 0) is 6.54 Å². The van der Waals surface area contributed by atoms with Gasteiger partial charge in [0.15, 0.2) is 11.5 Å². The third-order valence-corrected chi connectivity index (χ3v) is 4.08. The zero-order valence-electron chi connectivity index (χ0n) is 14.1. The van der Waals surface area contributed by atoms with Gasteiger partial charge in [0.25, 0.3) is 0 Å². The fraction of sp³-hybridized carbons (Fsp3) is 0.211. The molecule has 0 unspecified atom stereocenters. The first-order chi connectivity index (χ1) is 11.6. The van der Waals surface area contributed by atoms with E-state index in [1.165, 1.54) is 0 Å². The smallest absolute Gasteiger partial charge is 0.161 e. The summed E-state index contributed by atoms with van der Waals surface area (Å²) in [6.07, 6.45) is 1.77. The molecule has 0 atom stereocenters. The number of benzene rings is 2. The van der Waals surface area contributed by atoms with E-state index in [9.17, 15) is 0 Å². The van der Waals surface area contributed by atoms with Crippen molar-refractivity contribution in [2.75, 3.05) is 25.3 Å². The van der Waals surface area contributed by atoms with Crippen LogP contribution in [0.25, 0.3) is 10.8 Å². The van der Waals surface area contributed by atoms with Crippen molar-refractivity contribution in [1.29, 1.82) is 0 Å². The minimum atomic E-state index is 0.626. The van der Waals surface area contributed by atoms with Crippen LogP contribution in [-0.4, -0.2) is 19.2 Å². The summed E-state index contributed by atoms with van der Waals surface area (Å²) in [7, 11) is 3.26. The number of aryl methyl sites for hydroxylation is 1. The maximum absolute atomic E-state index is 6.09. The van der Waals surface area contributed by atoms with Crippen LogP contribution in [0.4, 0.5) is 11.5 Å². The third-order valence-electron chi connectivity index (χ3n) is 4.08. The van der Waals surface area contributed by atoms with Crippen LogP contribution in [0.3, 0.4) is 0 Å². The summed E-state index contributed by atoms with van der Waals surface area (Å²) in [6, 6.07) is 11.7. The Morgan fingerprint density at radius 3 is 2.58 bits per heavy atom. The van der Waals surface area contributed by atoms with Crippen molar-refractivity contribution in [3.63, 3.8) is 0 Å². The highest BCUT2D eigenvalue weighted by Gasteiger charge is 2.09. The van der Waals surface area contributed by atoms with Gasteiger partial charge in [0.05, 0.1) is 14.2 Å². The Balaban J connectivity index is 1.90. The van der Waals surface area contributed by atoms with E-state index in [1.54, 1.807) is 20.4 Å². The number of aromatic nitrogens is 1. The van der Waals surface area contributed by atoms with Crippen molar-refractivity contribution >= 4 is 22.3 Å². The van der Waals surface area contributed by atoms with Crippen molar-refractivity contribution in [2.24, 2.45) is 0 Å². The standard InChI is InChI=1S/C19H21N3O2/c1-12-4-6-15(20)14-8-9-21-19(18(12)14)22-11-13-5-7-16(23-2)17(10-13)24-3/h4-10H,11,20H2,1-3H3,(H,21,22). The van der Waals surface area contributed by atoms with Crippen LogP contribution in [0.2, 0.25) is 0 Å². The lowest BCUT2D eigenvalue weighted by molar-refractivity contribution is 0.354. The van der Waals surface area contributed by atoms with Gasteiger partial charge in [-0.15, -0.1) is 0 Å². The van der Waals surface area contributed by atoms with Crippen molar-refractivity contribution in [3.05, 3.63) is 53.7 Å². The van der Waals surface area contributed by atoms with Crippen LogP contribution in [0.5, 0.6) is 11.5 Å². The van der Waals surface area contributed by atoms with Crippen LogP contribution in [0.1, 0.15) is 11.1 Å². The number of pyridine rings is 1. The number of hydrogen-bond donors (Lipinski definition) is 2. The second-order valence-electron chi connectivity index (χ2n) is 5.60. The van der Waals surface area contributed by atoms with Gasteiger partial charge in [-0.25, -0.2) is 4.98 Å². The minimum absolute atomic E-state index is 0.626. The molecule has 24 heavy (non-hydrogen) atoms. The van der Waals surface area contributed by atoms with E-state index < -0.39 is 0 Å². The average Bonchev–Trinajstić information content (AvgIpc) is 2.62. The molecule has 0 radical (unpaired) electrons. The first-order valence-electron chi connectivity index (χ1n) is 7.72. The van der Waals surface area contributed by atoms with E-state index in [4.69, 9.17) is 15.2 Å².